The van der Waals surface area contributed by atoms with Crippen LogP contribution in [-0.2, 0) is 13.0 Å². The third-order valence-electron chi connectivity index (χ3n) is 7.52. The van der Waals surface area contributed by atoms with E-state index in [4.69, 9.17) is 14.2 Å². The fourth-order valence-electron chi connectivity index (χ4n) is 5.12. The summed E-state index contributed by atoms with van der Waals surface area (Å²) in [4.78, 5) is 12.8. The van der Waals surface area contributed by atoms with Crippen LogP contribution in [0.25, 0.3) is 0 Å². The Kier molecular flexibility index (Phi) is 8.57. The molecule has 1 heterocycles. The Balaban J connectivity index is 1.40. The van der Waals surface area contributed by atoms with Crippen LogP contribution in [0.15, 0.2) is 54.6 Å². The van der Waals surface area contributed by atoms with Crippen molar-refractivity contribution in [2.45, 2.75) is 59.7 Å². The second-order valence-corrected chi connectivity index (χ2v) is 10.3. The molecule has 3 aromatic rings. The van der Waals surface area contributed by atoms with Gasteiger partial charge < -0.3 is 14.2 Å². The van der Waals surface area contributed by atoms with Crippen molar-refractivity contribution in [3.63, 3.8) is 0 Å². The van der Waals surface area contributed by atoms with Crippen molar-refractivity contribution in [3.05, 3.63) is 92.5 Å². The molecule has 1 aliphatic rings. The van der Waals surface area contributed by atoms with Crippen LogP contribution in [0, 0.1) is 30.9 Å². The molecule has 1 unspecified atom stereocenters. The van der Waals surface area contributed by atoms with Crippen molar-refractivity contribution in [1.82, 2.24) is 4.90 Å². The van der Waals surface area contributed by atoms with Gasteiger partial charge >= 0.3 is 0 Å². The van der Waals surface area contributed by atoms with E-state index in [2.05, 4.69) is 51.7 Å². The fourth-order valence-corrected chi connectivity index (χ4v) is 5.12. The number of hydrogen-bond donors (Lipinski definition) is 0. The number of nitro benzene ring substituents is 1. The third kappa shape index (κ3) is 6.27. The lowest BCUT2D eigenvalue weighted by molar-refractivity contribution is -0.384. The number of nitro groups is 1. The Morgan fingerprint density at radius 2 is 1.71 bits per heavy atom. The number of hydrogen-bond acceptors (Lipinski definition) is 6. The number of ether oxygens (including phenoxy) is 3. The van der Waals surface area contributed by atoms with E-state index in [9.17, 15) is 10.1 Å². The summed E-state index contributed by atoms with van der Waals surface area (Å²) < 4.78 is 18.9. The maximum atomic E-state index is 10.8. The van der Waals surface area contributed by atoms with Crippen LogP contribution in [0.1, 0.15) is 48.1 Å². The zero-order chi connectivity index (χ0) is 27.3. The maximum absolute atomic E-state index is 10.8. The number of rotatable bonds is 11. The van der Waals surface area contributed by atoms with Crippen LogP contribution in [-0.4, -0.2) is 41.7 Å². The Labute approximate surface area is 225 Å². The van der Waals surface area contributed by atoms with Gasteiger partial charge in [0.2, 0.25) is 0 Å². The van der Waals surface area contributed by atoms with Crippen LogP contribution in [0.2, 0.25) is 0 Å². The van der Waals surface area contributed by atoms with Crippen LogP contribution in [0.4, 0.5) is 5.69 Å². The molecule has 38 heavy (non-hydrogen) atoms. The molecule has 0 N–H and O–H groups in total. The van der Waals surface area contributed by atoms with Crippen molar-refractivity contribution in [2.75, 3.05) is 26.2 Å². The second kappa shape index (κ2) is 11.9. The lowest BCUT2D eigenvalue weighted by atomic mass is 9.86. The van der Waals surface area contributed by atoms with Crippen LogP contribution < -0.4 is 14.2 Å². The molecule has 3 aromatic carbocycles. The average Bonchev–Trinajstić information content (AvgIpc) is 2.92. The monoisotopic (exact) mass is 518 g/mol. The van der Waals surface area contributed by atoms with Crippen molar-refractivity contribution in [3.8, 4) is 17.2 Å². The lowest BCUT2D eigenvalue weighted by Gasteiger charge is -2.41. The summed E-state index contributed by atoms with van der Waals surface area (Å²) >= 11 is 0. The molecule has 202 valence electrons. The molecule has 7 nitrogen and oxygen atoms in total. The number of nitrogens with zero attached hydrogens (tertiary/aromatic N) is 2. The highest BCUT2D eigenvalue weighted by Crippen LogP contribution is 2.44. The molecule has 0 spiro atoms. The van der Waals surface area contributed by atoms with Gasteiger partial charge in [-0.1, -0.05) is 37.3 Å². The SMILES string of the molecule is CCN(CCOc1ccc([N+](=O)[O-])cc1)CC1(C)CCc2c(C)c(OCc3ccccc3)c(C)c(C)c2O1. The zero-order valence-electron chi connectivity index (χ0n) is 23.1. The summed E-state index contributed by atoms with van der Waals surface area (Å²) in [6.45, 7) is 14.2. The molecular formula is C31H38N2O5. The molecule has 0 aromatic heterocycles. The third-order valence-corrected chi connectivity index (χ3v) is 7.52. The van der Waals surface area contributed by atoms with Crippen molar-refractivity contribution in [2.24, 2.45) is 0 Å². The Bertz CT molecular complexity index is 1260. The molecule has 0 bridgehead atoms. The Hall–Kier alpha value is -3.58. The predicted octanol–water partition coefficient (Wildman–Crippen LogP) is 6.58. The molecule has 0 fully saturated rings. The van der Waals surface area contributed by atoms with E-state index in [0.717, 1.165) is 60.7 Å². The zero-order valence-corrected chi connectivity index (χ0v) is 23.1. The highest BCUT2D eigenvalue weighted by Gasteiger charge is 2.36. The number of likely N-dealkylation sites (N-methyl/N-ethyl adjacent to an activating group) is 1. The summed E-state index contributed by atoms with van der Waals surface area (Å²) in [5.74, 6) is 2.60. The van der Waals surface area contributed by atoms with Gasteiger partial charge in [0.25, 0.3) is 5.69 Å². The van der Waals surface area contributed by atoms with Crippen LogP contribution >= 0.6 is 0 Å². The van der Waals surface area contributed by atoms with E-state index in [0.29, 0.717) is 19.0 Å². The highest BCUT2D eigenvalue weighted by atomic mass is 16.6. The smallest absolute Gasteiger partial charge is 0.269 e. The first-order chi connectivity index (χ1) is 18.2. The van der Waals surface area contributed by atoms with Gasteiger partial charge in [-0.05, 0) is 81.5 Å². The summed E-state index contributed by atoms with van der Waals surface area (Å²) in [5.41, 5.74) is 5.60. The first kappa shape index (κ1) is 27.5. The van der Waals surface area contributed by atoms with Gasteiger partial charge in [0, 0.05) is 30.8 Å². The number of non-ortho nitro benzene ring substituents is 1. The van der Waals surface area contributed by atoms with Gasteiger partial charge in [0.1, 0.15) is 36.1 Å². The molecule has 1 atom stereocenters. The average molecular weight is 519 g/mol. The van der Waals surface area contributed by atoms with Gasteiger partial charge in [0.05, 0.1) is 4.92 Å². The van der Waals surface area contributed by atoms with Gasteiger partial charge in [-0.25, -0.2) is 0 Å². The second-order valence-electron chi connectivity index (χ2n) is 10.3. The van der Waals surface area contributed by atoms with Gasteiger partial charge in [-0.15, -0.1) is 0 Å². The largest absolute Gasteiger partial charge is 0.492 e. The van der Waals surface area contributed by atoms with Crippen LogP contribution in [0.5, 0.6) is 17.2 Å². The molecule has 0 saturated heterocycles. The maximum Gasteiger partial charge on any atom is 0.269 e. The first-order valence-electron chi connectivity index (χ1n) is 13.3. The molecule has 4 rings (SSSR count). The minimum atomic E-state index is -0.408. The molecular weight excluding hydrogens is 480 g/mol. The molecule has 0 aliphatic carbocycles. The standard InChI is InChI=1S/C31H38N2O5/c1-6-32(18-19-36-27-14-12-26(13-15-27)33(34)35)21-31(5)17-16-28-24(4)29(22(2)23(3)30(28)38-31)37-20-25-10-8-7-9-11-25/h7-15H,6,16-21H2,1-5H3. The predicted molar refractivity (Wildman–Crippen MR) is 149 cm³/mol. The molecule has 1 aliphatic heterocycles. The van der Waals surface area contributed by atoms with Crippen molar-refractivity contribution in [1.29, 1.82) is 0 Å². The molecule has 0 amide bonds. The van der Waals surface area contributed by atoms with E-state index in [1.54, 1.807) is 12.1 Å². The lowest BCUT2D eigenvalue weighted by Crippen LogP contribution is -2.48. The summed E-state index contributed by atoms with van der Waals surface area (Å²) in [5, 5.41) is 10.8. The van der Waals surface area contributed by atoms with E-state index < -0.39 is 4.92 Å². The Morgan fingerprint density at radius 1 is 1.00 bits per heavy atom. The summed E-state index contributed by atoms with van der Waals surface area (Å²) in [7, 11) is 0. The van der Waals surface area contributed by atoms with E-state index in [1.165, 1.54) is 23.3 Å². The minimum Gasteiger partial charge on any atom is -0.492 e. The quantitative estimate of drug-likeness (QED) is 0.211. The Morgan fingerprint density at radius 3 is 2.37 bits per heavy atom. The van der Waals surface area contributed by atoms with E-state index in [1.807, 2.05) is 18.2 Å². The van der Waals surface area contributed by atoms with Crippen LogP contribution in [0.3, 0.4) is 0 Å². The number of benzene rings is 3. The fraction of sp³-hybridized carbons (Fsp3) is 0.419. The van der Waals surface area contributed by atoms with E-state index in [-0.39, 0.29) is 11.3 Å². The molecule has 7 heteroatoms. The van der Waals surface area contributed by atoms with Crippen molar-refractivity contribution >= 4 is 5.69 Å². The minimum absolute atomic E-state index is 0.0610. The van der Waals surface area contributed by atoms with Gasteiger partial charge in [-0.3, -0.25) is 15.0 Å². The molecule has 0 saturated carbocycles. The normalized spacial score (nSPS) is 16.6. The summed E-state index contributed by atoms with van der Waals surface area (Å²) in [6.07, 6.45) is 1.86. The topological polar surface area (TPSA) is 74.1 Å². The number of fused-ring (bicyclic) bond motifs is 1. The summed E-state index contributed by atoms with van der Waals surface area (Å²) in [6, 6.07) is 16.5. The highest BCUT2D eigenvalue weighted by molar-refractivity contribution is 5.59. The van der Waals surface area contributed by atoms with Crippen molar-refractivity contribution < 1.29 is 19.1 Å². The van der Waals surface area contributed by atoms with Gasteiger partial charge in [0.15, 0.2) is 0 Å². The first-order valence-corrected chi connectivity index (χ1v) is 13.3. The van der Waals surface area contributed by atoms with Gasteiger partial charge in [-0.2, -0.15) is 0 Å². The van der Waals surface area contributed by atoms with E-state index >= 15 is 0 Å². The molecule has 0 radical (unpaired) electrons.